The van der Waals surface area contributed by atoms with Crippen molar-refractivity contribution in [3.8, 4) is 0 Å². The summed E-state index contributed by atoms with van der Waals surface area (Å²) in [6.07, 6.45) is 0. The lowest BCUT2D eigenvalue weighted by atomic mass is 10.2. The van der Waals surface area contributed by atoms with E-state index in [9.17, 15) is 10.1 Å². The molecule has 0 amide bonds. The van der Waals surface area contributed by atoms with Crippen LogP contribution < -0.4 is 16.6 Å². The van der Waals surface area contributed by atoms with Crippen molar-refractivity contribution in [1.82, 2.24) is 4.90 Å². The van der Waals surface area contributed by atoms with Gasteiger partial charge >= 0.3 is 0 Å². The standard InChI is InChI=1S/C11H19N5O2/c1-3-15(2)5-4-13-9-6-10(14-12)8-11(7-9)16(17)18/h6-8,13-14H,3-5,12H2,1-2H3. The highest BCUT2D eigenvalue weighted by Crippen LogP contribution is 2.23. The number of nitrogen functional groups attached to an aromatic ring is 1. The average molecular weight is 253 g/mol. The minimum atomic E-state index is -0.440. The topological polar surface area (TPSA) is 96.5 Å². The van der Waals surface area contributed by atoms with Crippen LogP contribution in [0.4, 0.5) is 17.1 Å². The molecule has 0 spiro atoms. The Kier molecular flexibility index (Phi) is 5.34. The van der Waals surface area contributed by atoms with E-state index in [2.05, 4.69) is 22.6 Å². The maximum atomic E-state index is 10.8. The molecule has 7 nitrogen and oxygen atoms in total. The van der Waals surface area contributed by atoms with E-state index in [1.165, 1.54) is 12.1 Å². The summed E-state index contributed by atoms with van der Waals surface area (Å²) < 4.78 is 0. The van der Waals surface area contributed by atoms with Gasteiger partial charge in [-0.15, -0.1) is 0 Å². The zero-order valence-corrected chi connectivity index (χ0v) is 10.6. The first-order valence-corrected chi connectivity index (χ1v) is 5.75. The summed E-state index contributed by atoms with van der Waals surface area (Å²) >= 11 is 0. The van der Waals surface area contributed by atoms with Gasteiger partial charge < -0.3 is 15.6 Å². The molecule has 0 fully saturated rings. The SMILES string of the molecule is CCN(C)CCNc1cc(NN)cc([N+](=O)[O-])c1. The molecule has 0 aliphatic heterocycles. The summed E-state index contributed by atoms with van der Waals surface area (Å²) in [5, 5.41) is 13.9. The van der Waals surface area contributed by atoms with Crippen LogP contribution in [0.1, 0.15) is 6.92 Å². The van der Waals surface area contributed by atoms with Crippen LogP contribution in [-0.4, -0.2) is 36.5 Å². The number of benzene rings is 1. The molecule has 0 aromatic heterocycles. The van der Waals surface area contributed by atoms with Crippen LogP contribution in [0, 0.1) is 10.1 Å². The Bertz CT molecular complexity index is 410. The highest BCUT2D eigenvalue weighted by atomic mass is 16.6. The molecule has 0 saturated heterocycles. The molecule has 0 radical (unpaired) electrons. The number of nitrogens with zero attached hydrogens (tertiary/aromatic N) is 2. The van der Waals surface area contributed by atoms with E-state index in [1.807, 2.05) is 7.05 Å². The molecule has 0 heterocycles. The number of nitrogens with one attached hydrogen (secondary N) is 2. The Balaban J connectivity index is 2.69. The van der Waals surface area contributed by atoms with Gasteiger partial charge in [-0.25, -0.2) is 0 Å². The molecule has 18 heavy (non-hydrogen) atoms. The molecule has 0 aliphatic rings. The van der Waals surface area contributed by atoms with Crippen LogP contribution in [-0.2, 0) is 0 Å². The van der Waals surface area contributed by atoms with Crippen LogP contribution in [0.3, 0.4) is 0 Å². The van der Waals surface area contributed by atoms with Gasteiger partial charge in [0.2, 0.25) is 0 Å². The van der Waals surface area contributed by atoms with Gasteiger partial charge in [-0.2, -0.15) is 0 Å². The third kappa shape index (κ3) is 4.19. The first-order valence-electron chi connectivity index (χ1n) is 5.75. The monoisotopic (exact) mass is 253 g/mol. The van der Waals surface area contributed by atoms with Gasteiger partial charge in [-0.05, 0) is 19.7 Å². The van der Waals surface area contributed by atoms with E-state index in [-0.39, 0.29) is 5.69 Å². The molecule has 1 aromatic rings. The van der Waals surface area contributed by atoms with Crippen molar-refractivity contribution in [2.24, 2.45) is 5.84 Å². The van der Waals surface area contributed by atoms with Gasteiger partial charge in [0, 0.05) is 30.9 Å². The Morgan fingerprint density at radius 2 is 2.06 bits per heavy atom. The van der Waals surface area contributed by atoms with Crippen molar-refractivity contribution in [3.63, 3.8) is 0 Å². The number of hydrazine groups is 1. The maximum absolute atomic E-state index is 10.8. The van der Waals surface area contributed by atoms with Crippen molar-refractivity contribution >= 4 is 17.1 Å². The third-order valence-corrected chi connectivity index (χ3v) is 2.66. The van der Waals surface area contributed by atoms with Crippen LogP contribution in [0.15, 0.2) is 18.2 Å². The van der Waals surface area contributed by atoms with Gasteiger partial charge in [0.1, 0.15) is 0 Å². The van der Waals surface area contributed by atoms with Crippen LogP contribution in [0.25, 0.3) is 0 Å². The summed E-state index contributed by atoms with van der Waals surface area (Å²) in [6, 6.07) is 4.62. The lowest BCUT2D eigenvalue weighted by Crippen LogP contribution is -2.24. The number of anilines is 2. The number of hydrogen-bond acceptors (Lipinski definition) is 6. The van der Waals surface area contributed by atoms with E-state index in [1.54, 1.807) is 6.07 Å². The molecule has 0 bridgehead atoms. The number of non-ortho nitro benzene ring substituents is 1. The van der Waals surface area contributed by atoms with Gasteiger partial charge in [-0.1, -0.05) is 6.92 Å². The number of hydrogen-bond donors (Lipinski definition) is 3. The summed E-state index contributed by atoms with van der Waals surface area (Å²) in [4.78, 5) is 12.5. The number of rotatable bonds is 7. The Morgan fingerprint density at radius 3 is 2.61 bits per heavy atom. The van der Waals surface area contributed by atoms with Crippen LogP contribution >= 0.6 is 0 Å². The first-order chi connectivity index (χ1) is 8.56. The lowest BCUT2D eigenvalue weighted by molar-refractivity contribution is -0.384. The molecular formula is C11H19N5O2. The Hall–Kier alpha value is -1.86. The molecular weight excluding hydrogens is 234 g/mol. The van der Waals surface area contributed by atoms with E-state index in [0.717, 1.165) is 19.6 Å². The summed E-state index contributed by atoms with van der Waals surface area (Å²) in [7, 11) is 2.02. The smallest absolute Gasteiger partial charge is 0.273 e. The molecule has 100 valence electrons. The second-order valence-electron chi connectivity index (χ2n) is 3.99. The molecule has 0 aliphatic carbocycles. The van der Waals surface area contributed by atoms with E-state index < -0.39 is 4.92 Å². The number of nitro benzene ring substituents is 1. The van der Waals surface area contributed by atoms with Crippen LogP contribution in [0.2, 0.25) is 0 Å². The molecule has 0 saturated carbocycles. The summed E-state index contributed by atoms with van der Waals surface area (Å²) in [6.45, 7) is 4.62. The van der Waals surface area contributed by atoms with Crippen LogP contribution in [0.5, 0.6) is 0 Å². The predicted molar refractivity (Wildman–Crippen MR) is 72.6 cm³/mol. The first kappa shape index (κ1) is 14.2. The number of nitro groups is 1. The Morgan fingerprint density at radius 1 is 1.39 bits per heavy atom. The van der Waals surface area contributed by atoms with Gasteiger partial charge in [0.25, 0.3) is 5.69 Å². The molecule has 0 unspecified atom stereocenters. The lowest BCUT2D eigenvalue weighted by Gasteiger charge is -2.15. The fourth-order valence-electron chi connectivity index (χ4n) is 1.45. The fraction of sp³-hybridized carbons (Fsp3) is 0.455. The minimum absolute atomic E-state index is 0.0109. The number of nitrogens with two attached hydrogens (primary N) is 1. The van der Waals surface area contributed by atoms with Crippen molar-refractivity contribution in [2.45, 2.75) is 6.92 Å². The zero-order chi connectivity index (χ0) is 13.5. The molecule has 1 rings (SSSR count). The summed E-state index contributed by atoms with van der Waals surface area (Å²) in [5.74, 6) is 5.28. The van der Waals surface area contributed by atoms with Crippen molar-refractivity contribution < 1.29 is 4.92 Å². The van der Waals surface area contributed by atoms with Crippen molar-refractivity contribution in [1.29, 1.82) is 0 Å². The van der Waals surface area contributed by atoms with E-state index >= 15 is 0 Å². The highest BCUT2D eigenvalue weighted by molar-refractivity contribution is 5.63. The largest absolute Gasteiger partial charge is 0.383 e. The van der Waals surface area contributed by atoms with Gasteiger partial charge in [-0.3, -0.25) is 16.0 Å². The number of likely N-dealkylation sites (N-methyl/N-ethyl adjacent to an activating group) is 1. The normalized spacial score (nSPS) is 10.4. The van der Waals surface area contributed by atoms with Gasteiger partial charge in [0.05, 0.1) is 10.6 Å². The third-order valence-electron chi connectivity index (χ3n) is 2.66. The molecule has 0 atom stereocenters. The fourth-order valence-corrected chi connectivity index (χ4v) is 1.45. The highest BCUT2D eigenvalue weighted by Gasteiger charge is 2.09. The predicted octanol–water partition coefficient (Wildman–Crippen LogP) is 1.24. The molecule has 1 aromatic carbocycles. The second-order valence-corrected chi connectivity index (χ2v) is 3.99. The molecule has 4 N–H and O–H groups in total. The zero-order valence-electron chi connectivity index (χ0n) is 10.6. The summed E-state index contributed by atoms with van der Waals surface area (Å²) in [5.41, 5.74) is 3.62. The second kappa shape index (κ2) is 6.77. The van der Waals surface area contributed by atoms with E-state index in [0.29, 0.717) is 11.4 Å². The van der Waals surface area contributed by atoms with Crippen molar-refractivity contribution in [3.05, 3.63) is 28.3 Å². The van der Waals surface area contributed by atoms with Gasteiger partial charge in [0.15, 0.2) is 0 Å². The quantitative estimate of drug-likeness (QED) is 0.384. The maximum Gasteiger partial charge on any atom is 0.273 e. The minimum Gasteiger partial charge on any atom is -0.383 e. The average Bonchev–Trinajstić information content (AvgIpc) is 2.37. The van der Waals surface area contributed by atoms with E-state index in [4.69, 9.17) is 5.84 Å². The molecule has 7 heteroatoms. The van der Waals surface area contributed by atoms with Crippen molar-refractivity contribution in [2.75, 3.05) is 37.4 Å². The Labute approximate surface area is 106 Å².